The number of nitrogens with zero attached hydrogens (tertiary/aromatic N) is 1. The first kappa shape index (κ1) is 30.3. The summed E-state index contributed by atoms with van der Waals surface area (Å²) in [6, 6.07) is 7.37. The minimum atomic E-state index is -1.44. The van der Waals surface area contributed by atoms with Gasteiger partial charge in [-0.3, -0.25) is 9.59 Å². The zero-order valence-electron chi connectivity index (χ0n) is 20.6. The van der Waals surface area contributed by atoms with E-state index in [1.54, 1.807) is 24.3 Å². The van der Waals surface area contributed by atoms with Crippen molar-refractivity contribution in [3.8, 4) is 0 Å². The zero-order valence-corrected chi connectivity index (χ0v) is 20.6. The van der Waals surface area contributed by atoms with E-state index < -0.39 is 36.1 Å². The molecule has 0 aliphatic heterocycles. The van der Waals surface area contributed by atoms with E-state index in [1.165, 1.54) is 11.0 Å². The van der Waals surface area contributed by atoms with Gasteiger partial charge in [0, 0.05) is 32.5 Å². The Labute approximate surface area is 211 Å². The molecule has 198 valence electrons. The predicted octanol–water partition coefficient (Wildman–Crippen LogP) is 1.65. The predicted molar refractivity (Wildman–Crippen MR) is 133 cm³/mol. The van der Waals surface area contributed by atoms with Gasteiger partial charge in [-0.25, -0.2) is 14.9 Å². The Morgan fingerprint density at radius 2 is 1.89 bits per heavy atom. The van der Waals surface area contributed by atoms with Crippen molar-refractivity contribution in [1.82, 2.24) is 20.9 Å². The summed E-state index contributed by atoms with van der Waals surface area (Å²) >= 11 is 0. The number of carbonyl (C=O) groups is 5. The second kappa shape index (κ2) is 17.7. The Hall–Kier alpha value is -3.73. The maximum Gasteiger partial charge on any atom is 0.415 e. The van der Waals surface area contributed by atoms with E-state index in [9.17, 15) is 29.1 Å². The van der Waals surface area contributed by atoms with Crippen LogP contribution in [0.2, 0.25) is 0 Å². The van der Waals surface area contributed by atoms with Crippen LogP contribution in [-0.4, -0.2) is 72.0 Å². The summed E-state index contributed by atoms with van der Waals surface area (Å²) in [5.74, 6) is -1.11. The van der Waals surface area contributed by atoms with Crippen LogP contribution in [-0.2, 0) is 25.7 Å². The number of urea groups is 1. The molecule has 2 unspecified atom stereocenters. The molecule has 11 heteroatoms. The molecule has 0 bridgehead atoms. The number of imide groups is 1. The fourth-order valence-corrected chi connectivity index (χ4v) is 3.20. The van der Waals surface area contributed by atoms with Crippen LogP contribution in [0.15, 0.2) is 43.0 Å². The van der Waals surface area contributed by atoms with E-state index in [0.717, 1.165) is 5.56 Å². The number of alkyl carbamates (subject to hydrolysis) is 1. The van der Waals surface area contributed by atoms with Gasteiger partial charge in [-0.2, -0.15) is 0 Å². The Morgan fingerprint density at radius 1 is 1.17 bits per heavy atom. The van der Waals surface area contributed by atoms with Crippen molar-refractivity contribution < 1.29 is 33.8 Å². The number of nitrogens with one attached hydrogen (secondary N) is 3. The molecule has 0 aliphatic rings. The number of ether oxygens (including phenoxy) is 1. The van der Waals surface area contributed by atoms with E-state index in [2.05, 4.69) is 22.5 Å². The molecule has 1 aromatic rings. The number of hydrogen-bond donors (Lipinski definition) is 4. The van der Waals surface area contributed by atoms with Crippen molar-refractivity contribution in [1.29, 1.82) is 0 Å². The van der Waals surface area contributed by atoms with Crippen LogP contribution in [0.4, 0.5) is 9.59 Å². The quantitative estimate of drug-likeness (QED) is 0.152. The SMILES string of the molecule is C=CCNC(=O)C(O)C(CCC)NC(=O)CCN(CCCC=O)C(=O)NC(=O)OCc1ccccc1. The van der Waals surface area contributed by atoms with Crippen LogP contribution in [0.1, 0.15) is 44.6 Å². The molecule has 0 saturated carbocycles. The Kier molecular flexibility index (Phi) is 14.9. The van der Waals surface area contributed by atoms with Crippen LogP contribution < -0.4 is 16.0 Å². The molecule has 5 amide bonds. The lowest BCUT2D eigenvalue weighted by atomic mass is 10.0. The van der Waals surface area contributed by atoms with E-state index in [4.69, 9.17) is 4.74 Å². The lowest BCUT2D eigenvalue weighted by Gasteiger charge is -2.25. The van der Waals surface area contributed by atoms with Gasteiger partial charge in [-0.1, -0.05) is 49.8 Å². The number of carbonyl (C=O) groups excluding carboxylic acids is 5. The number of benzene rings is 1. The maximum atomic E-state index is 12.6. The minimum absolute atomic E-state index is 0.0188. The molecule has 1 aromatic carbocycles. The van der Waals surface area contributed by atoms with Crippen LogP contribution >= 0.6 is 0 Å². The molecule has 0 fully saturated rings. The molecule has 2 atom stereocenters. The topological polar surface area (TPSA) is 154 Å². The van der Waals surface area contributed by atoms with Gasteiger partial charge in [0.1, 0.15) is 12.9 Å². The molecule has 36 heavy (non-hydrogen) atoms. The first-order chi connectivity index (χ1) is 17.3. The highest BCUT2D eigenvalue weighted by Crippen LogP contribution is 2.06. The zero-order chi connectivity index (χ0) is 26.8. The van der Waals surface area contributed by atoms with Crippen LogP contribution in [0.25, 0.3) is 0 Å². The van der Waals surface area contributed by atoms with Gasteiger partial charge in [0.05, 0.1) is 6.04 Å². The largest absolute Gasteiger partial charge is 0.444 e. The number of aliphatic hydroxyl groups is 1. The van der Waals surface area contributed by atoms with E-state index >= 15 is 0 Å². The van der Waals surface area contributed by atoms with Gasteiger partial charge in [-0.05, 0) is 18.4 Å². The normalized spacial score (nSPS) is 11.9. The van der Waals surface area contributed by atoms with E-state index in [0.29, 0.717) is 25.5 Å². The van der Waals surface area contributed by atoms with Crippen molar-refractivity contribution in [3.63, 3.8) is 0 Å². The van der Waals surface area contributed by atoms with Crippen molar-refractivity contribution in [3.05, 3.63) is 48.6 Å². The lowest BCUT2D eigenvalue weighted by molar-refractivity contribution is -0.132. The van der Waals surface area contributed by atoms with Crippen molar-refractivity contribution >= 4 is 30.2 Å². The second-order valence-electron chi connectivity index (χ2n) is 7.98. The highest BCUT2D eigenvalue weighted by atomic mass is 16.5. The van der Waals surface area contributed by atoms with Gasteiger partial charge >= 0.3 is 12.1 Å². The van der Waals surface area contributed by atoms with Gasteiger partial charge < -0.3 is 30.2 Å². The van der Waals surface area contributed by atoms with E-state index in [-0.39, 0.29) is 39.1 Å². The smallest absolute Gasteiger partial charge is 0.415 e. The van der Waals surface area contributed by atoms with Gasteiger partial charge in [-0.15, -0.1) is 6.58 Å². The number of rotatable bonds is 16. The molecule has 11 nitrogen and oxygen atoms in total. The first-order valence-electron chi connectivity index (χ1n) is 11.9. The Morgan fingerprint density at radius 3 is 2.53 bits per heavy atom. The summed E-state index contributed by atoms with van der Waals surface area (Å²) in [4.78, 5) is 61.1. The van der Waals surface area contributed by atoms with Crippen molar-refractivity contribution in [2.75, 3.05) is 19.6 Å². The first-order valence-corrected chi connectivity index (χ1v) is 11.9. The molecule has 0 spiro atoms. The average molecular weight is 505 g/mol. The Balaban J connectivity index is 2.66. The highest BCUT2D eigenvalue weighted by Gasteiger charge is 2.27. The third-order valence-corrected chi connectivity index (χ3v) is 5.08. The van der Waals surface area contributed by atoms with Crippen LogP contribution in [0, 0.1) is 0 Å². The molecule has 0 heterocycles. The molecule has 0 saturated heterocycles. The van der Waals surface area contributed by atoms with Crippen molar-refractivity contribution in [2.45, 2.75) is 57.8 Å². The second-order valence-corrected chi connectivity index (χ2v) is 7.98. The summed E-state index contributed by atoms with van der Waals surface area (Å²) in [6.45, 7) is 5.59. The number of aldehydes is 1. The Bertz CT molecular complexity index is 863. The highest BCUT2D eigenvalue weighted by molar-refractivity contribution is 5.91. The molecule has 0 radical (unpaired) electrons. The molecule has 4 N–H and O–H groups in total. The molecule has 1 rings (SSSR count). The number of amides is 5. The standard InChI is InChI=1S/C25H36N4O7/c1-3-10-20(22(32)23(33)26-14-4-2)27-21(31)13-16-29(15-8-9-17-30)24(34)28-25(35)36-18-19-11-6-5-7-12-19/h4-7,11-12,17,20,22,32H,2-3,8-10,13-16,18H2,1H3,(H,26,33)(H,27,31)(H,28,34,35). The van der Waals surface area contributed by atoms with Gasteiger partial charge in [0.15, 0.2) is 6.10 Å². The lowest BCUT2D eigenvalue weighted by Crippen LogP contribution is -2.51. The number of aliphatic hydroxyl groups excluding tert-OH is 1. The third kappa shape index (κ3) is 12.1. The summed E-state index contributed by atoms with van der Waals surface area (Å²) in [7, 11) is 0. The monoisotopic (exact) mass is 504 g/mol. The molecule has 0 aliphatic carbocycles. The summed E-state index contributed by atoms with van der Waals surface area (Å²) in [5.41, 5.74) is 0.751. The van der Waals surface area contributed by atoms with E-state index in [1.807, 2.05) is 13.0 Å². The summed E-state index contributed by atoms with van der Waals surface area (Å²) < 4.78 is 5.05. The summed E-state index contributed by atoms with van der Waals surface area (Å²) in [5, 5.41) is 17.5. The van der Waals surface area contributed by atoms with Gasteiger partial charge in [0.2, 0.25) is 5.91 Å². The van der Waals surface area contributed by atoms with Crippen LogP contribution in [0.5, 0.6) is 0 Å². The maximum absolute atomic E-state index is 12.6. The summed E-state index contributed by atoms with van der Waals surface area (Å²) in [6.07, 6.45) is 1.19. The molecular formula is C25H36N4O7. The average Bonchev–Trinajstić information content (AvgIpc) is 2.87. The molecular weight excluding hydrogens is 468 g/mol. The fourth-order valence-electron chi connectivity index (χ4n) is 3.20. The number of unbranched alkanes of at least 4 members (excludes halogenated alkanes) is 1. The molecule has 0 aromatic heterocycles. The third-order valence-electron chi connectivity index (χ3n) is 5.08. The van der Waals surface area contributed by atoms with Crippen LogP contribution in [0.3, 0.4) is 0 Å². The fraction of sp³-hybridized carbons (Fsp3) is 0.480. The minimum Gasteiger partial charge on any atom is -0.444 e. The van der Waals surface area contributed by atoms with Crippen molar-refractivity contribution in [2.24, 2.45) is 0 Å². The van der Waals surface area contributed by atoms with Gasteiger partial charge in [0.25, 0.3) is 5.91 Å². The number of hydrogen-bond acceptors (Lipinski definition) is 7.